The molecule has 0 aliphatic heterocycles. The predicted molar refractivity (Wildman–Crippen MR) is 112 cm³/mol. The number of furan rings is 1. The van der Waals surface area contributed by atoms with Crippen molar-refractivity contribution < 1.29 is 28.0 Å². The van der Waals surface area contributed by atoms with Crippen molar-refractivity contribution in [1.29, 1.82) is 0 Å². The molecule has 2 aromatic carbocycles. The van der Waals surface area contributed by atoms with E-state index in [1.165, 1.54) is 20.4 Å². The Morgan fingerprint density at radius 3 is 2.32 bits per heavy atom. The second-order valence-corrected chi connectivity index (χ2v) is 6.61. The van der Waals surface area contributed by atoms with Gasteiger partial charge < -0.3 is 24.2 Å². The van der Waals surface area contributed by atoms with Crippen LogP contribution in [0.1, 0.15) is 17.5 Å². The van der Waals surface area contributed by atoms with E-state index in [0.717, 1.165) is 0 Å². The van der Waals surface area contributed by atoms with Crippen molar-refractivity contribution in [2.24, 2.45) is 0 Å². The Hall–Kier alpha value is -4.40. The summed E-state index contributed by atoms with van der Waals surface area (Å²) < 4.78 is 16.0. The first-order valence-electron chi connectivity index (χ1n) is 9.18. The fourth-order valence-electron chi connectivity index (χ4n) is 2.99. The molecule has 9 nitrogen and oxygen atoms in total. The molecule has 9 heteroatoms. The number of methoxy groups -OCH3 is 1. The minimum Gasteiger partial charge on any atom is -0.496 e. The lowest BCUT2D eigenvalue weighted by Gasteiger charge is -2.10. The minimum absolute atomic E-state index is 0.203. The molecule has 0 aliphatic rings. The van der Waals surface area contributed by atoms with Crippen molar-refractivity contribution in [1.82, 2.24) is 4.98 Å². The Kier molecular flexibility index (Phi) is 5.23. The number of hydrogen-bond donors (Lipinski definition) is 2. The molecule has 0 atom stereocenters. The molecule has 0 fully saturated rings. The van der Waals surface area contributed by atoms with Gasteiger partial charge in [-0.2, -0.15) is 0 Å². The SMILES string of the molecule is COc1cc(NC(=O)C(=O)Nc2ccc3oc(C(C)=O)cc3c2)ccc1-c1cnco1. The number of ether oxygens (including phenoxy) is 1. The third kappa shape index (κ3) is 4.15. The first kappa shape index (κ1) is 19.9. The topological polar surface area (TPSA) is 124 Å². The summed E-state index contributed by atoms with van der Waals surface area (Å²) in [7, 11) is 1.48. The van der Waals surface area contributed by atoms with Gasteiger partial charge in [-0.25, -0.2) is 4.98 Å². The van der Waals surface area contributed by atoms with Crippen LogP contribution >= 0.6 is 0 Å². The highest BCUT2D eigenvalue weighted by Gasteiger charge is 2.17. The number of fused-ring (bicyclic) bond motifs is 1. The number of carbonyl (C=O) groups excluding carboxylic acids is 3. The standard InChI is InChI=1S/C22H17N3O6/c1-12(26)18-8-13-7-14(4-6-17(13)31-18)24-21(27)22(28)25-15-3-5-16(19(9-15)29-2)20-10-23-11-30-20/h3-11H,1-2H3,(H,24,27)(H,25,28). The van der Waals surface area contributed by atoms with E-state index in [1.807, 2.05) is 0 Å². The largest absolute Gasteiger partial charge is 0.496 e. The van der Waals surface area contributed by atoms with Crippen LogP contribution in [0.25, 0.3) is 22.3 Å². The molecule has 2 heterocycles. The molecular formula is C22H17N3O6. The summed E-state index contributed by atoms with van der Waals surface area (Å²) in [4.78, 5) is 40.0. The van der Waals surface area contributed by atoms with Crippen molar-refractivity contribution in [2.45, 2.75) is 6.92 Å². The van der Waals surface area contributed by atoms with E-state index in [4.69, 9.17) is 13.6 Å². The number of oxazole rings is 1. The van der Waals surface area contributed by atoms with Gasteiger partial charge in [-0.3, -0.25) is 14.4 Å². The van der Waals surface area contributed by atoms with Crippen LogP contribution in [0.5, 0.6) is 5.75 Å². The van der Waals surface area contributed by atoms with Crippen LogP contribution in [0.2, 0.25) is 0 Å². The summed E-state index contributed by atoms with van der Waals surface area (Å²) in [6.07, 6.45) is 2.84. The average molecular weight is 419 g/mol. The maximum Gasteiger partial charge on any atom is 0.314 e. The number of anilines is 2. The molecular weight excluding hydrogens is 402 g/mol. The minimum atomic E-state index is -0.855. The van der Waals surface area contributed by atoms with Crippen molar-refractivity contribution in [3.05, 3.63) is 60.8 Å². The first-order valence-corrected chi connectivity index (χ1v) is 9.18. The number of Topliss-reactive ketones (excluding diaryl/α,β-unsaturated/α-hetero) is 1. The Morgan fingerprint density at radius 1 is 0.968 bits per heavy atom. The van der Waals surface area contributed by atoms with Crippen molar-refractivity contribution >= 4 is 39.9 Å². The number of amides is 2. The van der Waals surface area contributed by atoms with E-state index in [0.29, 0.717) is 39.4 Å². The van der Waals surface area contributed by atoms with Gasteiger partial charge in [0, 0.05) is 29.8 Å². The van der Waals surface area contributed by atoms with E-state index < -0.39 is 11.8 Å². The fourth-order valence-corrected chi connectivity index (χ4v) is 2.99. The molecule has 2 aromatic heterocycles. The van der Waals surface area contributed by atoms with Gasteiger partial charge in [0.15, 0.2) is 23.7 Å². The smallest absolute Gasteiger partial charge is 0.314 e. The average Bonchev–Trinajstić information content (AvgIpc) is 3.43. The van der Waals surface area contributed by atoms with E-state index in [-0.39, 0.29) is 11.5 Å². The van der Waals surface area contributed by atoms with Crippen LogP contribution in [-0.4, -0.2) is 29.7 Å². The number of benzene rings is 2. The van der Waals surface area contributed by atoms with Crippen molar-refractivity contribution in [3.8, 4) is 17.1 Å². The lowest BCUT2D eigenvalue weighted by atomic mass is 10.1. The molecule has 2 N–H and O–H groups in total. The van der Waals surface area contributed by atoms with Gasteiger partial charge in [0.25, 0.3) is 0 Å². The van der Waals surface area contributed by atoms with Crippen molar-refractivity contribution in [3.63, 3.8) is 0 Å². The summed E-state index contributed by atoms with van der Waals surface area (Å²) in [6, 6.07) is 11.3. The molecule has 0 radical (unpaired) electrons. The summed E-state index contributed by atoms with van der Waals surface area (Å²) in [5.74, 6) is -0.736. The molecule has 2 amide bonds. The summed E-state index contributed by atoms with van der Waals surface area (Å²) in [5.41, 5.74) is 1.92. The number of nitrogens with one attached hydrogen (secondary N) is 2. The van der Waals surface area contributed by atoms with Crippen LogP contribution in [0.15, 0.2) is 63.9 Å². The molecule has 0 unspecified atom stereocenters. The van der Waals surface area contributed by atoms with E-state index >= 15 is 0 Å². The second kappa shape index (κ2) is 8.15. The van der Waals surface area contributed by atoms with Crippen LogP contribution in [0, 0.1) is 0 Å². The predicted octanol–water partition coefficient (Wildman–Crippen LogP) is 3.88. The third-order valence-corrected chi connectivity index (χ3v) is 4.48. The van der Waals surface area contributed by atoms with Gasteiger partial charge >= 0.3 is 11.8 Å². The van der Waals surface area contributed by atoms with E-state index in [1.54, 1.807) is 48.7 Å². The van der Waals surface area contributed by atoms with Crippen LogP contribution in [-0.2, 0) is 9.59 Å². The van der Waals surface area contributed by atoms with E-state index in [2.05, 4.69) is 15.6 Å². The highest BCUT2D eigenvalue weighted by atomic mass is 16.5. The number of nitrogens with zero attached hydrogens (tertiary/aromatic N) is 1. The molecule has 0 saturated carbocycles. The molecule has 0 bridgehead atoms. The van der Waals surface area contributed by atoms with Crippen LogP contribution in [0.3, 0.4) is 0 Å². The van der Waals surface area contributed by atoms with Gasteiger partial charge in [-0.1, -0.05) is 0 Å². The first-order chi connectivity index (χ1) is 14.9. The number of rotatable bonds is 5. The molecule has 0 spiro atoms. The fraction of sp³-hybridized carbons (Fsp3) is 0.0909. The van der Waals surface area contributed by atoms with Gasteiger partial charge in [0.1, 0.15) is 11.3 Å². The molecule has 4 rings (SSSR count). The maximum atomic E-state index is 12.3. The molecule has 0 aliphatic carbocycles. The third-order valence-electron chi connectivity index (χ3n) is 4.48. The highest BCUT2D eigenvalue weighted by molar-refractivity contribution is 6.43. The molecule has 0 saturated heterocycles. The summed E-state index contributed by atoms with van der Waals surface area (Å²) in [5, 5.41) is 5.68. The maximum absolute atomic E-state index is 12.3. The second-order valence-electron chi connectivity index (χ2n) is 6.61. The van der Waals surface area contributed by atoms with Gasteiger partial charge in [-0.05, 0) is 36.4 Å². The Labute approximate surface area is 176 Å². The van der Waals surface area contributed by atoms with Crippen LogP contribution in [0.4, 0.5) is 11.4 Å². The van der Waals surface area contributed by atoms with Gasteiger partial charge in [0.05, 0.1) is 18.9 Å². The zero-order chi connectivity index (χ0) is 22.0. The molecule has 31 heavy (non-hydrogen) atoms. The highest BCUT2D eigenvalue weighted by Crippen LogP contribution is 2.32. The quantitative estimate of drug-likeness (QED) is 0.372. The van der Waals surface area contributed by atoms with E-state index in [9.17, 15) is 14.4 Å². The lowest BCUT2D eigenvalue weighted by Crippen LogP contribution is -2.29. The Morgan fingerprint density at radius 2 is 1.68 bits per heavy atom. The number of hydrogen-bond acceptors (Lipinski definition) is 7. The lowest BCUT2D eigenvalue weighted by molar-refractivity contribution is -0.132. The summed E-state index contributed by atoms with van der Waals surface area (Å²) >= 11 is 0. The number of ketones is 1. The Bertz CT molecular complexity index is 1290. The number of carbonyl (C=O) groups is 3. The molecule has 4 aromatic rings. The molecule has 156 valence electrons. The normalized spacial score (nSPS) is 10.6. The monoisotopic (exact) mass is 419 g/mol. The van der Waals surface area contributed by atoms with Gasteiger partial charge in [0.2, 0.25) is 0 Å². The zero-order valence-corrected chi connectivity index (χ0v) is 16.6. The summed E-state index contributed by atoms with van der Waals surface area (Å²) in [6.45, 7) is 1.40. The zero-order valence-electron chi connectivity index (χ0n) is 16.6. The van der Waals surface area contributed by atoms with Crippen molar-refractivity contribution in [2.75, 3.05) is 17.7 Å². The van der Waals surface area contributed by atoms with Gasteiger partial charge in [-0.15, -0.1) is 0 Å². The Balaban J connectivity index is 1.47. The van der Waals surface area contributed by atoms with Crippen LogP contribution < -0.4 is 15.4 Å². The number of aromatic nitrogens is 1.